The van der Waals surface area contributed by atoms with Crippen molar-refractivity contribution in [3.05, 3.63) is 70.8 Å². The Morgan fingerprint density at radius 3 is 2.26 bits per heavy atom. The van der Waals surface area contributed by atoms with Gasteiger partial charge in [-0.05, 0) is 25.0 Å². The maximum absolute atomic E-state index is 12.5. The zero-order chi connectivity index (χ0) is 20.0. The quantitative estimate of drug-likeness (QED) is 0.723. The van der Waals surface area contributed by atoms with E-state index in [0.29, 0.717) is 12.8 Å². The molecule has 2 aromatic carbocycles. The summed E-state index contributed by atoms with van der Waals surface area (Å²) in [6.45, 7) is 9.16. The van der Waals surface area contributed by atoms with Crippen LogP contribution in [-0.4, -0.2) is 26.6 Å². The zero-order valence-corrected chi connectivity index (χ0v) is 17.6. The summed E-state index contributed by atoms with van der Waals surface area (Å²) in [5.41, 5.74) is 4.00. The standard InChI is InChI=1S/C24H33NO2/c1-7-23(26)27-24(20(4)17-25(5)6,22-13-9-11-19(3)15-22)16-21-12-8-10-18(2)14-21/h8-15,20H,7,16-17H2,1-6H3/p+1/t20-,24+/m0/s1. The summed E-state index contributed by atoms with van der Waals surface area (Å²) < 4.78 is 6.28. The molecule has 2 aromatic rings. The van der Waals surface area contributed by atoms with Crippen LogP contribution in [0.4, 0.5) is 0 Å². The fourth-order valence-electron chi connectivity index (χ4n) is 3.84. The highest BCUT2D eigenvalue weighted by atomic mass is 16.6. The Kier molecular flexibility index (Phi) is 7.20. The summed E-state index contributed by atoms with van der Waals surface area (Å²) >= 11 is 0. The summed E-state index contributed by atoms with van der Waals surface area (Å²) in [4.78, 5) is 13.8. The van der Waals surface area contributed by atoms with Crippen LogP contribution < -0.4 is 4.90 Å². The summed E-state index contributed by atoms with van der Waals surface area (Å²) in [6.07, 6.45) is 1.06. The first-order chi connectivity index (χ1) is 12.8. The van der Waals surface area contributed by atoms with E-state index in [1.807, 2.05) is 6.92 Å². The van der Waals surface area contributed by atoms with Gasteiger partial charge in [0.25, 0.3) is 0 Å². The number of carbonyl (C=O) groups excluding carboxylic acids is 1. The molecule has 0 saturated carbocycles. The van der Waals surface area contributed by atoms with Gasteiger partial charge < -0.3 is 9.64 Å². The summed E-state index contributed by atoms with van der Waals surface area (Å²) in [6, 6.07) is 16.9. The van der Waals surface area contributed by atoms with E-state index in [9.17, 15) is 4.79 Å². The Morgan fingerprint density at radius 2 is 1.70 bits per heavy atom. The van der Waals surface area contributed by atoms with E-state index >= 15 is 0 Å². The minimum atomic E-state index is -0.676. The first-order valence-corrected chi connectivity index (χ1v) is 9.90. The molecular formula is C24H34NO2+. The average Bonchev–Trinajstić information content (AvgIpc) is 2.60. The molecule has 0 bridgehead atoms. The second-order valence-electron chi connectivity index (χ2n) is 8.06. The van der Waals surface area contributed by atoms with Crippen molar-refractivity contribution in [2.45, 2.75) is 46.1 Å². The Morgan fingerprint density at radius 1 is 1.07 bits per heavy atom. The smallest absolute Gasteiger partial charge is 0.306 e. The third kappa shape index (κ3) is 5.43. The van der Waals surface area contributed by atoms with Gasteiger partial charge in [-0.2, -0.15) is 0 Å². The van der Waals surface area contributed by atoms with Crippen LogP contribution in [0.1, 0.15) is 42.5 Å². The van der Waals surface area contributed by atoms with Crippen LogP contribution in [0.3, 0.4) is 0 Å². The van der Waals surface area contributed by atoms with Crippen molar-refractivity contribution in [3.63, 3.8) is 0 Å². The second kappa shape index (κ2) is 9.18. The van der Waals surface area contributed by atoms with Gasteiger partial charge >= 0.3 is 5.97 Å². The van der Waals surface area contributed by atoms with Gasteiger partial charge in [0.2, 0.25) is 0 Å². The lowest BCUT2D eigenvalue weighted by atomic mass is 9.76. The Hall–Kier alpha value is -2.13. The van der Waals surface area contributed by atoms with Crippen molar-refractivity contribution in [1.82, 2.24) is 0 Å². The van der Waals surface area contributed by atoms with E-state index in [1.165, 1.54) is 21.6 Å². The van der Waals surface area contributed by atoms with Gasteiger partial charge in [-0.15, -0.1) is 0 Å². The molecule has 0 fully saturated rings. The molecule has 0 unspecified atom stereocenters. The van der Waals surface area contributed by atoms with Crippen molar-refractivity contribution >= 4 is 5.97 Å². The highest BCUT2D eigenvalue weighted by Crippen LogP contribution is 2.38. The number of aryl methyl sites for hydroxylation is 2. The molecule has 0 aliphatic heterocycles. The van der Waals surface area contributed by atoms with Gasteiger partial charge in [-0.3, -0.25) is 4.79 Å². The molecule has 2 rings (SSSR count). The molecule has 0 radical (unpaired) electrons. The van der Waals surface area contributed by atoms with Crippen LogP contribution >= 0.6 is 0 Å². The molecule has 1 N–H and O–H groups in total. The highest BCUT2D eigenvalue weighted by Gasteiger charge is 2.43. The van der Waals surface area contributed by atoms with E-state index in [0.717, 1.165) is 12.1 Å². The van der Waals surface area contributed by atoms with Crippen LogP contribution in [0.2, 0.25) is 0 Å². The molecule has 0 aromatic heterocycles. The number of esters is 1. The Bertz CT molecular complexity index is 768. The lowest BCUT2D eigenvalue weighted by Gasteiger charge is -2.39. The van der Waals surface area contributed by atoms with Crippen LogP contribution in [0.25, 0.3) is 0 Å². The number of quaternary nitrogens is 1. The number of rotatable bonds is 8. The normalized spacial score (nSPS) is 14.6. The molecule has 27 heavy (non-hydrogen) atoms. The maximum atomic E-state index is 12.5. The molecular weight excluding hydrogens is 334 g/mol. The number of benzene rings is 2. The molecule has 0 amide bonds. The van der Waals surface area contributed by atoms with Crippen LogP contribution in [-0.2, 0) is 21.6 Å². The van der Waals surface area contributed by atoms with E-state index in [-0.39, 0.29) is 11.9 Å². The van der Waals surface area contributed by atoms with E-state index in [4.69, 9.17) is 4.74 Å². The monoisotopic (exact) mass is 368 g/mol. The molecule has 146 valence electrons. The largest absolute Gasteiger partial charge is 0.453 e. The van der Waals surface area contributed by atoms with Crippen molar-refractivity contribution in [2.24, 2.45) is 5.92 Å². The third-order valence-corrected chi connectivity index (χ3v) is 5.15. The number of ether oxygens (including phenoxy) is 1. The fraction of sp³-hybridized carbons (Fsp3) is 0.458. The van der Waals surface area contributed by atoms with Gasteiger partial charge in [-0.1, -0.05) is 73.5 Å². The van der Waals surface area contributed by atoms with Gasteiger partial charge in [0, 0.05) is 18.8 Å². The lowest BCUT2D eigenvalue weighted by Crippen LogP contribution is -3.06. The lowest BCUT2D eigenvalue weighted by molar-refractivity contribution is -0.863. The van der Waals surface area contributed by atoms with E-state index < -0.39 is 5.60 Å². The Labute approximate surface area is 164 Å². The summed E-state index contributed by atoms with van der Waals surface area (Å²) in [5, 5.41) is 0. The minimum Gasteiger partial charge on any atom is -0.453 e. The van der Waals surface area contributed by atoms with Crippen molar-refractivity contribution in [2.75, 3.05) is 20.6 Å². The fourth-order valence-corrected chi connectivity index (χ4v) is 3.84. The topological polar surface area (TPSA) is 30.7 Å². The minimum absolute atomic E-state index is 0.148. The number of hydrogen-bond donors (Lipinski definition) is 1. The summed E-state index contributed by atoms with van der Waals surface area (Å²) in [7, 11) is 4.29. The third-order valence-electron chi connectivity index (χ3n) is 5.15. The van der Waals surface area contributed by atoms with Crippen LogP contribution in [0, 0.1) is 19.8 Å². The van der Waals surface area contributed by atoms with Gasteiger partial charge in [0.15, 0.2) is 0 Å². The van der Waals surface area contributed by atoms with Gasteiger partial charge in [-0.25, -0.2) is 0 Å². The zero-order valence-electron chi connectivity index (χ0n) is 17.6. The molecule has 2 atom stereocenters. The molecule has 0 heterocycles. The number of nitrogens with one attached hydrogen (secondary N) is 1. The molecule has 0 aliphatic rings. The van der Waals surface area contributed by atoms with Crippen molar-refractivity contribution < 1.29 is 14.4 Å². The van der Waals surface area contributed by atoms with Crippen molar-refractivity contribution in [1.29, 1.82) is 0 Å². The molecule has 3 nitrogen and oxygen atoms in total. The number of carbonyl (C=O) groups is 1. The molecule has 3 heteroatoms. The molecule has 0 spiro atoms. The SMILES string of the molecule is CCC(=O)O[C@@](Cc1cccc(C)c1)(c1cccc(C)c1)[C@@H](C)C[NH+](C)C. The van der Waals surface area contributed by atoms with Gasteiger partial charge in [0.1, 0.15) is 5.60 Å². The predicted molar refractivity (Wildman–Crippen MR) is 111 cm³/mol. The number of hydrogen-bond acceptors (Lipinski definition) is 2. The van der Waals surface area contributed by atoms with Crippen molar-refractivity contribution in [3.8, 4) is 0 Å². The second-order valence-corrected chi connectivity index (χ2v) is 8.06. The highest BCUT2D eigenvalue weighted by molar-refractivity contribution is 5.70. The first kappa shape index (κ1) is 21.2. The van der Waals surface area contributed by atoms with Crippen LogP contribution in [0.15, 0.2) is 48.5 Å². The molecule has 0 aliphatic carbocycles. The molecule has 0 saturated heterocycles. The Balaban J connectivity index is 2.61. The first-order valence-electron chi connectivity index (χ1n) is 9.90. The van der Waals surface area contributed by atoms with Crippen LogP contribution in [0.5, 0.6) is 0 Å². The van der Waals surface area contributed by atoms with E-state index in [1.54, 1.807) is 0 Å². The van der Waals surface area contributed by atoms with E-state index in [2.05, 4.69) is 83.4 Å². The van der Waals surface area contributed by atoms with Gasteiger partial charge in [0.05, 0.1) is 20.6 Å². The maximum Gasteiger partial charge on any atom is 0.306 e. The summed E-state index contributed by atoms with van der Waals surface area (Å²) in [5.74, 6) is 0.0186. The predicted octanol–water partition coefficient (Wildman–Crippen LogP) is 3.48. The average molecular weight is 369 g/mol.